The molecule has 0 saturated heterocycles. The Bertz CT molecular complexity index is 201. The van der Waals surface area contributed by atoms with Gasteiger partial charge < -0.3 is 4.74 Å². The summed E-state index contributed by atoms with van der Waals surface area (Å²) in [7, 11) is 1.79. The van der Waals surface area contributed by atoms with Crippen molar-refractivity contribution in [1.29, 1.82) is 0 Å². The summed E-state index contributed by atoms with van der Waals surface area (Å²) in [6.45, 7) is 11.0. The summed E-state index contributed by atoms with van der Waals surface area (Å²) in [6, 6.07) is 0. The van der Waals surface area contributed by atoms with Gasteiger partial charge in [0.2, 0.25) is 0 Å². The second kappa shape index (κ2) is 7.70. The molecule has 0 aromatic heterocycles. The molecule has 88 valence electrons. The van der Waals surface area contributed by atoms with Crippen LogP contribution in [-0.4, -0.2) is 13.2 Å². The van der Waals surface area contributed by atoms with Crippen LogP contribution in [0.15, 0.2) is 24.3 Å². The van der Waals surface area contributed by atoms with Gasteiger partial charge in [-0.1, -0.05) is 58.9 Å². The zero-order chi connectivity index (χ0) is 11.8. The Morgan fingerprint density at radius 2 is 1.40 bits per heavy atom. The van der Waals surface area contributed by atoms with Crippen LogP contribution in [0.1, 0.15) is 34.6 Å². The number of methoxy groups -OCH3 is 1. The van der Waals surface area contributed by atoms with E-state index >= 15 is 0 Å². The molecule has 0 unspecified atom stereocenters. The quantitative estimate of drug-likeness (QED) is 0.601. The Balaban J connectivity index is 4.15. The molecule has 0 aliphatic rings. The normalized spacial score (nSPS) is 17.1. The Kier molecular flexibility index (Phi) is 7.41. The molecule has 0 amide bonds. The van der Waals surface area contributed by atoms with Crippen molar-refractivity contribution in [3.05, 3.63) is 24.3 Å². The van der Waals surface area contributed by atoms with Gasteiger partial charge in [-0.15, -0.1) is 0 Å². The van der Waals surface area contributed by atoms with E-state index in [0.29, 0.717) is 23.9 Å². The molecule has 2 atom stereocenters. The second-order valence-corrected chi connectivity index (χ2v) is 4.82. The van der Waals surface area contributed by atoms with Gasteiger partial charge in [-0.05, 0) is 11.8 Å². The lowest BCUT2D eigenvalue weighted by Crippen LogP contribution is -2.24. The maximum atomic E-state index is 5.48. The van der Waals surface area contributed by atoms with Crippen LogP contribution in [0.4, 0.5) is 0 Å². The molecule has 0 aliphatic carbocycles. The lowest BCUT2D eigenvalue weighted by molar-refractivity contribution is 0.0379. The number of ether oxygens (including phenoxy) is 1. The largest absolute Gasteiger partial charge is 0.381 e. The van der Waals surface area contributed by atoms with E-state index in [-0.39, 0.29) is 0 Å². The standard InChI is InChI=1S/C14H26O/c1-11(2)9-7-8-10-13(5)14(15-6)12(3)4/h7-14H,1-6H3/b9-7+,10-8+/t13-,14-/m0/s1. The van der Waals surface area contributed by atoms with Gasteiger partial charge in [0.05, 0.1) is 6.10 Å². The fourth-order valence-corrected chi connectivity index (χ4v) is 1.73. The fraction of sp³-hybridized carbons (Fsp3) is 0.714. The Hall–Kier alpha value is -0.560. The summed E-state index contributed by atoms with van der Waals surface area (Å²) in [5.41, 5.74) is 0. The lowest BCUT2D eigenvalue weighted by atomic mass is 9.94. The van der Waals surface area contributed by atoms with Gasteiger partial charge in [0.25, 0.3) is 0 Å². The van der Waals surface area contributed by atoms with Crippen LogP contribution in [0.2, 0.25) is 0 Å². The van der Waals surface area contributed by atoms with Crippen molar-refractivity contribution in [3.63, 3.8) is 0 Å². The van der Waals surface area contributed by atoms with Crippen molar-refractivity contribution in [3.8, 4) is 0 Å². The van der Waals surface area contributed by atoms with Gasteiger partial charge in [-0.25, -0.2) is 0 Å². The third-order valence-electron chi connectivity index (χ3n) is 2.47. The van der Waals surface area contributed by atoms with Gasteiger partial charge in [0.1, 0.15) is 0 Å². The van der Waals surface area contributed by atoms with Crippen molar-refractivity contribution in [1.82, 2.24) is 0 Å². The summed E-state index contributed by atoms with van der Waals surface area (Å²) in [5.74, 6) is 1.64. The summed E-state index contributed by atoms with van der Waals surface area (Å²) < 4.78 is 5.48. The molecule has 0 aliphatic heterocycles. The molecule has 0 bridgehead atoms. The van der Waals surface area contributed by atoms with E-state index in [9.17, 15) is 0 Å². The molecule has 0 spiro atoms. The van der Waals surface area contributed by atoms with E-state index in [0.717, 1.165) is 0 Å². The molecule has 1 heteroatoms. The van der Waals surface area contributed by atoms with Gasteiger partial charge in [-0.2, -0.15) is 0 Å². The smallest absolute Gasteiger partial charge is 0.0654 e. The van der Waals surface area contributed by atoms with Crippen LogP contribution in [0.3, 0.4) is 0 Å². The molecule has 0 heterocycles. The van der Waals surface area contributed by atoms with Crippen molar-refractivity contribution in [2.75, 3.05) is 7.11 Å². The third kappa shape index (κ3) is 6.51. The molecule has 0 N–H and O–H groups in total. The minimum atomic E-state index is 0.314. The average Bonchev–Trinajstić information content (AvgIpc) is 2.12. The topological polar surface area (TPSA) is 9.23 Å². The monoisotopic (exact) mass is 210 g/mol. The molecular weight excluding hydrogens is 184 g/mol. The van der Waals surface area contributed by atoms with Gasteiger partial charge >= 0.3 is 0 Å². The molecular formula is C14H26O. The zero-order valence-electron chi connectivity index (χ0n) is 11.0. The molecule has 0 fully saturated rings. The highest BCUT2D eigenvalue weighted by atomic mass is 16.5. The number of hydrogen-bond acceptors (Lipinski definition) is 1. The van der Waals surface area contributed by atoms with Crippen LogP contribution < -0.4 is 0 Å². The first-order valence-electron chi connectivity index (χ1n) is 5.86. The lowest BCUT2D eigenvalue weighted by Gasteiger charge is -2.23. The molecule has 0 saturated carbocycles. The highest BCUT2D eigenvalue weighted by Gasteiger charge is 2.17. The molecule has 0 aromatic rings. The number of rotatable bonds is 6. The second-order valence-electron chi connectivity index (χ2n) is 4.82. The maximum Gasteiger partial charge on any atom is 0.0654 e. The van der Waals surface area contributed by atoms with Crippen molar-refractivity contribution in [2.45, 2.75) is 40.7 Å². The van der Waals surface area contributed by atoms with Gasteiger partial charge in [0.15, 0.2) is 0 Å². The minimum absolute atomic E-state index is 0.314. The van der Waals surface area contributed by atoms with Gasteiger partial charge in [-0.3, -0.25) is 0 Å². The molecule has 15 heavy (non-hydrogen) atoms. The minimum Gasteiger partial charge on any atom is -0.381 e. The fourth-order valence-electron chi connectivity index (χ4n) is 1.73. The van der Waals surface area contributed by atoms with E-state index in [1.165, 1.54) is 0 Å². The molecule has 0 rings (SSSR count). The number of hydrogen-bond donors (Lipinski definition) is 0. The SMILES string of the molecule is CO[C@@H](C(C)C)[C@@H](C)/C=C/C=C/C(C)C. The summed E-state index contributed by atoms with van der Waals surface area (Å²) >= 11 is 0. The first kappa shape index (κ1) is 14.4. The third-order valence-corrected chi connectivity index (χ3v) is 2.47. The van der Waals surface area contributed by atoms with E-state index in [4.69, 9.17) is 4.74 Å². The first-order chi connectivity index (χ1) is 6.99. The Labute approximate surface area is 95.2 Å². The van der Waals surface area contributed by atoms with Crippen molar-refractivity contribution < 1.29 is 4.74 Å². The Morgan fingerprint density at radius 3 is 1.80 bits per heavy atom. The average molecular weight is 210 g/mol. The first-order valence-corrected chi connectivity index (χ1v) is 5.86. The van der Waals surface area contributed by atoms with Crippen LogP contribution in [0.25, 0.3) is 0 Å². The summed E-state index contributed by atoms with van der Waals surface area (Å²) in [6.07, 6.45) is 8.97. The molecule has 1 nitrogen and oxygen atoms in total. The van der Waals surface area contributed by atoms with Crippen molar-refractivity contribution in [2.24, 2.45) is 17.8 Å². The van der Waals surface area contributed by atoms with Gasteiger partial charge in [0, 0.05) is 13.0 Å². The predicted molar refractivity (Wildman–Crippen MR) is 67.9 cm³/mol. The van der Waals surface area contributed by atoms with Crippen molar-refractivity contribution >= 4 is 0 Å². The van der Waals surface area contributed by atoms with E-state index in [1.807, 2.05) is 0 Å². The summed E-state index contributed by atoms with van der Waals surface area (Å²) in [4.78, 5) is 0. The van der Waals surface area contributed by atoms with Crippen LogP contribution >= 0.6 is 0 Å². The van der Waals surface area contributed by atoms with E-state index in [2.05, 4.69) is 58.9 Å². The molecule has 0 aromatic carbocycles. The highest BCUT2D eigenvalue weighted by molar-refractivity contribution is 5.05. The van der Waals surface area contributed by atoms with Crippen LogP contribution in [-0.2, 0) is 4.74 Å². The van der Waals surface area contributed by atoms with Crippen LogP contribution in [0.5, 0.6) is 0 Å². The summed E-state index contributed by atoms with van der Waals surface area (Å²) in [5, 5.41) is 0. The van der Waals surface area contributed by atoms with E-state index < -0.39 is 0 Å². The Morgan fingerprint density at radius 1 is 0.867 bits per heavy atom. The highest BCUT2D eigenvalue weighted by Crippen LogP contribution is 2.17. The van der Waals surface area contributed by atoms with E-state index in [1.54, 1.807) is 7.11 Å². The maximum absolute atomic E-state index is 5.48. The predicted octanol–water partition coefficient (Wildman–Crippen LogP) is 4.06. The zero-order valence-corrected chi connectivity index (χ0v) is 11.0. The molecule has 0 radical (unpaired) electrons. The number of allylic oxidation sites excluding steroid dienone is 3. The van der Waals surface area contributed by atoms with Crippen LogP contribution in [0, 0.1) is 17.8 Å².